The molecule has 0 atom stereocenters. The molecular formula is C14H16BrN5O2. The molecule has 0 unspecified atom stereocenters. The molecule has 7 nitrogen and oxygen atoms in total. The molecular weight excluding hydrogens is 350 g/mol. The highest BCUT2D eigenvalue weighted by molar-refractivity contribution is 9.10. The normalized spacial score (nSPS) is 10.9. The minimum absolute atomic E-state index is 0.318. The fourth-order valence-corrected chi connectivity index (χ4v) is 2.09. The van der Waals surface area contributed by atoms with Gasteiger partial charge in [0.15, 0.2) is 5.82 Å². The minimum atomic E-state index is -0.318. The first kappa shape index (κ1) is 16.2. The highest BCUT2D eigenvalue weighted by Gasteiger charge is 2.07. The third-order valence-corrected chi connectivity index (χ3v) is 3.15. The molecule has 0 spiro atoms. The molecule has 3 aromatic rings. The average molecular weight is 366 g/mol. The maximum Gasteiger partial charge on any atom is 0.293 e. The Kier molecular flexibility index (Phi) is 4.92. The number of halogens is 1. The molecule has 8 heteroatoms. The van der Waals surface area contributed by atoms with Gasteiger partial charge in [0.1, 0.15) is 11.2 Å². The van der Waals surface area contributed by atoms with Crippen molar-refractivity contribution in [2.24, 2.45) is 0 Å². The van der Waals surface area contributed by atoms with Gasteiger partial charge in [-0.25, -0.2) is 4.98 Å². The summed E-state index contributed by atoms with van der Waals surface area (Å²) in [6.07, 6.45) is 5.09. The van der Waals surface area contributed by atoms with Crippen molar-refractivity contribution in [2.75, 3.05) is 0 Å². The lowest BCUT2D eigenvalue weighted by Gasteiger charge is -2.14. The molecule has 3 aromatic heterocycles. The Morgan fingerprint density at radius 1 is 1.32 bits per heavy atom. The molecule has 0 saturated carbocycles. The third-order valence-electron chi connectivity index (χ3n) is 2.49. The number of hydrogen-bond acceptors (Lipinski definition) is 5. The standard InChI is InChI=1S/C9H6BrN5.C5H10O2/c10-7-5-8(15-12-3-4-13-15)14-9-6(7)1-2-11-9;1-5(2,3)7-4-6/h1-5H,(H,11,14);4H,1-3H3. The van der Waals surface area contributed by atoms with Crippen LogP contribution in [0.25, 0.3) is 16.9 Å². The molecule has 0 aliphatic heterocycles. The second-order valence-electron chi connectivity index (χ2n) is 5.35. The van der Waals surface area contributed by atoms with Gasteiger partial charge in [-0.05, 0) is 48.8 Å². The lowest BCUT2D eigenvalue weighted by molar-refractivity contribution is -0.138. The van der Waals surface area contributed by atoms with Crippen LogP contribution in [0.15, 0.2) is 35.2 Å². The van der Waals surface area contributed by atoms with Crippen molar-refractivity contribution < 1.29 is 9.53 Å². The van der Waals surface area contributed by atoms with Crippen LogP contribution in [-0.4, -0.2) is 37.0 Å². The van der Waals surface area contributed by atoms with Crippen LogP contribution in [0.1, 0.15) is 20.8 Å². The van der Waals surface area contributed by atoms with Gasteiger partial charge in [-0.15, -0.1) is 4.80 Å². The fraction of sp³-hybridized carbons (Fsp3) is 0.286. The van der Waals surface area contributed by atoms with Gasteiger partial charge in [-0.1, -0.05) is 0 Å². The summed E-state index contributed by atoms with van der Waals surface area (Å²) in [5.41, 5.74) is 0.499. The van der Waals surface area contributed by atoms with E-state index in [1.54, 1.807) is 12.4 Å². The zero-order valence-electron chi connectivity index (χ0n) is 12.4. The molecule has 0 amide bonds. The number of pyridine rings is 1. The molecule has 0 fully saturated rings. The Labute approximate surface area is 135 Å². The van der Waals surface area contributed by atoms with E-state index in [9.17, 15) is 4.79 Å². The number of aromatic nitrogens is 5. The Bertz CT molecular complexity index is 746. The molecule has 0 aromatic carbocycles. The van der Waals surface area contributed by atoms with Gasteiger partial charge < -0.3 is 9.72 Å². The molecule has 0 aliphatic rings. The Morgan fingerprint density at radius 3 is 2.55 bits per heavy atom. The van der Waals surface area contributed by atoms with E-state index in [-0.39, 0.29) is 5.60 Å². The first-order valence-corrected chi connectivity index (χ1v) is 7.32. The summed E-state index contributed by atoms with van der Waals surface area (Å²) in [4.78, 5) is 18.5. The van der Waals surface area contributed by atoms with Crippen LogP contribution in [0, 0.1) is 0 Å². The summed E-state index contributed by atoms with van der Waals surface area (Å²) >= 11 is 3.48. The number of nitrogens with one attached hydrogen (secondary N) is 1. The Hall–Kier alpha value is -2.22. The van der Waals surface area contributed by atoms with Gasteiger partial charge in [0.2, 0.25) is 0 Å². The summed E-state index contributed by atoms with van der Waals surface area (Å²) in [6, 6.07) is 3.85. The SMILES string of the molecule is Brc1cc(-n2nccn2)nc2[nH]ccc12.CC(C)(C)OC=O. The van der Waals surface area contributed by atoms with Crippen LogP contribution in [0.3, 0.4) is 0 Å². The van der Waals surface area contributed by atoms with E-state index in [0.717, 1.165) is 15.5 Å². The van der Waals surface area contributed by atoms with Crippen molar-refractivity contribution in [3.05, 3.63) is 35.2 Å². The van der Waals surface area contributed by atoms with E-state index < -0.39 is 0 Å². The van der Waals surface area contributed by atoms with Crippen LogP contribution >= 0.6 is 15.9 Å². The summed E-state index contributed by atoms with van der Waals surface area (Å²) in [6.45, 7) is 5.92. The Balaban J connectivity index is 0.000000217. The van der Waals surface area contributed by atoms with Crippen molar-refractivity contribution in [3.63, 3.8) is 0 Å². The maximum absolute atomic E-state index is 9.60. The van der Waals surface area contributed by atoms with Crippen molar-refractivity contribution >= 4 is 33.4 Å². The van der Waals surface area contributed by atoms with Crippen LogP contribution in [0.5, 0.6) is 0 Å². The molecule has 0 radical (unpaired) electrons. The smallest absolute Gasteiger partial charge is 0.293 e. The summed E-state index contributed by atoms with van der Waals surface area (Å²) in [7, 11) is 0. The first-order valence-electron chi connectivity index (χ1n) is 6.52. The first-order chi connectivity index (χ1) is 10.4. The van der Waals surface area contributed by atoms with E-state index >= 15 is 0 Å². The van der Waals surface area contributed by atoms with Crippen LogP contribution in [0.4, 0.5) is 0 Å². The lowest BCUT2D eigenvalue weighted by atomic mass is 10.2. The van der Waals surface area contributed by atoms with E-state index in [4.69, 9.17) is 0 Å². The number of ether oxygens (including phenoxy) is 1. The quantitative estimate of drug-likeness (QED) is 0.705. The molecule has 116 valence electrons. The number of carbonyl (C=O) groups excluding carboxylic acids is 1. The maximum atomic E-state index is 9.60. The molecule has 0 aliphatic carbocycles. The summed E-state index contributed by atoms with van der Waals surface area (Å²) in [5.74, 6) is 0.682. The van der Waals surface area contributed by atoms with Crippen LogP contribution in [-0.2, 0) is 9.53 Å². The molecule has 3 heterocycles. The topological polar surface area (TPSA) is 85.7 Å². The van der Waals surface area contributed by atoms with Gasteiger partial charge in [-0.2, -0.15) is 10.2 Å². The number of fused-ring (bicyclic) bond motifs is 1. The van der Waals surface area contributed by atoms with Gasteiger partial charge in [0.05, 0.1) is 12.4 Å². The highest BCUT2D eigenvalue weighted by Crippen LogP contribution is 2.23. The highest BCUT2D eigenvalue weighted by atomic mass is 79.9. The van der Waals surface area contributed by atoms with E-state index in [1.807, 2.05) is 39.1 Å². The Morgan fingerprint density at radius 2 is 2.00 bits per heavy atom. The largest absolute Gasteiger partial charge is 0.462 e. The zero-order valence-corrected chi connectivity index (χ0v) is 14.0. The number of nitrogens with zero attached hydrogens (tertiary/aromatic N) is 4. The number of rotatable bonds is 2. The number of carbonyl (C=O) groups is 1. The number of hydrogen-bond donors (Lipinski definition) is 1. The van der Waals surface area contributed by atoms with Crippen molar-refractivity contribution in [3.8, 4) is 5.82 Å². The van der Waals surface area contributed by atoms with Gasteiger partial charge >= 0.3 is 0 Å². The molecule has 0 saturated heterocycles. The van der Waals surface area contributed by atoms with E-state index in [1.165, 1.54) is 4.80 Å². The summed E-state index contributed by atoms with van der Waals surface area (Å²) < 4.78 is 5.52. The lowest BCUT2D eigenvalue weighted by Crippen LogP contribution is -2.17. The molecule has 3 rings (SSSR count). The number of aromatic amines is 1. The fourth-order valence-electron chi connectivity index (χ4n) is 1.56. The van der Waals surface area contributed by atoms with Crippen LogP contribution in [0.2, 0.25) is 0 Å². The molecule has 0 bridgehead atoms. The average Bonchev–Trinajstić information content (AvgIpc) is 3.09. The monoisotopic (exact) mass is 365 g/mol. The van der Waals surface area contributed by atoms with E-state index in [0.29, 0.717) is 12.3 Å². The van der Waals surface area contributed by atoms with Gasteiger partial charge in [-0.3, -0.25) is 4.79 Å². The third kappa shape index (κ3) is 4.14. The predicted molar refractivity (Wildman–Crippen MR) is 85.6 cm³/mol. The second kappa shape index (κ2) is 6.69. The van der Waals surface area contributed by atoms with Crippen LogP contribution < -0.4 is 0 Å². The van der Waals surface area contributed by atoms with Crippen molar-refractivity contribution in [1.82, 2.24) is 25.0 Å². The van der Waals surface area contributed by atoms with Gasteiger partial charge in [0.25, 0.3) is 6.47 Å². The predicted octanol–water partition coefficient (Wildman–Crippen LogP) is 2.86. The van der Waals surface area contributed by atoms with E-state index in [2.05, 4.69) is 40.8 Å². The van der Waals surface area contributed by atoms with Crippen molar-refractivity contribution in [1.29, 1.82) is 0 Å². The molecule has 1 N–H and O–H groups in total. The minimum Gasteiger partial charge on any atom is -0.462 e. The van der Waals surface area contributed by atoms with Crippen molar-refractivity contribution in [2.45, 2.75) is 26.4 Å². The molecule has 22 heavy (non-hydrogen) atoms. The summed E-state index contributed by atoms with van der Waals surface area (Å²) in [5, 5.41) is 9.10. The number of H-pyrrole nitrogens is 1. The zero-order chi connectivity index (χ0) is 16.2. The van der Waals surface area contributed by atoms with Gasteiger partial charge in [0, 0.05) is 16.1 Å². The second-order valence-corrected chi connectivity index (χ2v) is 6.20.